The van der Waals surface area contributed by atoms with Gasteiger partial charge in [-0.2, -0.15) is 0 Å². The topological polar surface area (TPSA) is 58.6 Å². The van der Waals surface area contributed by atoms with Gasteiger partial charge < -0.3 is 15.2 Å². The van der Waals surface area contributed by atoms with Gasteiger partial charge in [-0.1, -0.05) is 6.07 Å². The Morgan fingerprint density at radius 2 is 2.29 bits per heavy atom. The first kappa shape index (κ1) is 16.5. The number of hydrogen-bond donors (Lipinski definition) is 2. The normalized spacial score (nSPS) is 25.7. The van der Waals surface area contributed by atoms with Crippen molar-refractivity contribution in [1.29, 1.82) is 0 Å². The zero-order valence-electron chi connectivity index (χ0n) is 12.6. The second-order valence-electron chi connectivity index (χ2n) is 5.76. The van der Waals surface area contributed by atoms with Crippen molar-refractivity contribution < 1.29 is 14.6 Å². The third kappa shape index (κ3) is 5.09. The second-order valence-corrected chi connectivity index (χ2v) is 6.79. The van der Waals surface area contributed by atoms with E-state index in [9.17, 15) is 9.90 Å². The zero-order chi connectivity index (χ0) is 15.1. The molecule has 21 heavy (non-hydrogen) atoms. The minimum atomic E-state index is -0.668. The molecule has 0 atom stereocenters. The highest BCUT2D eigenvalue weighted by Crippen LogP contribution is 2.32. The van der Waals surface area contributed by atoms with Crippen molar-refractivity contribution in [3.05, 3.63) is 22.4 Å². The van der Waals surface area contributed by atoms with Gasteiger partial charge in [-0.15, -0.1) is 11.3 Å². The van der Waals surface area contributed by atoms with E-state index in [0.29, 0.717) is 26.0 Å². The molecular formula is C16H25NO3S. The number of aliphatic hydroxyl groups is 1. The summed E-state index contributed by atoms with van der Waals surface area (Å²) in [6.07, 6.45) is 3.79. The van der Waals surface area contributed by atoms with Crippen molar-refractivity contribution in [2.24, 2.45) is 5.92 Å². The molecule has 1 aliphatic rings. The maximum atomic E-state index is 11.7. The average Bonchev–Trinajstić information content (AvgIpc) is 2.98. The lowest BCUT2D eigenvalue weighted by Gasteiger charge is -2.35. The van der Waals surface area contributed by atoms with Gasteiger partial charge in [0, 0.05) is 18.0 Å². The molecule has 118 valence electrons. The fourth-order valence-electron chi connectivity index (χ4n) is 2.82. The Labute approximate surface area is 130 Å². The lowest BCUT2D eigenvalue weighted by Crippen LogP contribution is -2.45. The molecule has 0 bridgehead atoms. The van der Waals surface area contributed by atoms with Crippen molar-refractivity contribution in [2.75, 3.05) is 19.7 Å². The van der Waals surface area contributed by atoms with Crippen LogP contribution in [0, 0.1) is 5.92 Å². The van der Waals surface area contributed by atoms with Crippen molar-refractivity contribution >= 4 is 17.3 Å². The number of nitrogens with one attached hydrogen (secondary N) is 1. The summed E-state index contributed by atoms with van der Waals surface area (Å²) >= 11 is 1.76. The fraction of sp³-hybridized carbons (Fsp3) is 0.688. The van der Waals surface area contributed by atoms with Crippen LogP contribution < -0.4 is 5.32 Å². The lowest BCUT2D eigenvalue weighted by atomic mass is 9.79. The second kappa shape index (κ2) is 7.92. The maximum Gasteiger partial charge on any atom is 0.308 e. The summed E-state index contributed by atoms with van der Waals surface area (Å²) in [7, 11) is 0. The van der Waals surface area contributed by atoms with Crippen LogP contribution in [0.4, 0.5) is 0 Å². The molecule has 0 aliphatic heterocycles. The van der Waals surface area contributed by atoms with Crippen LogP contribution in [0.3, 0.4) is 0 Å². The van der Waals surface area contributed by atoms with Crippen LogP contribution in [-0.2, 0) is 16.0 Å². The van der Waals surface area contributed by atoms with Gasteiger partial charge in [-0.05, 0) is 50.5 Å². The molecule has 1 heterocycles. The quantitative estimate of drug-likeness (QED) is 0.599. The molecular weight excluding hydrogens is 286 g/mol. The number of esters is 1. The number of rotatable bonds is 7. The maximum absolute atomic E-state index is 11.7. The average molecular weight is 311 g/mol. The Morgan fingerprint density at radius 1 is 1.52 bits per heavy atom. The highest BCUT2D eigenvalue weighted by molar-refractivity contribution is 7.09. The summed E-state index contributed by atoms with van der Waals surface area (Å²) in [5.41, 5.74) is -0.668. The molecule has 0 spiro atoms. The van der Waals surface area contributed by atoms with Crippen molar-refractivity contribution in [3.8, 4) is 0 Å². The zero-order valence-corrected chi connectivity index (χ0v) is 13.5. The summed E-state index contributed by atoms with van der Waals surface area (Å²) in [6.45, 7) is 3.75. The van der Waals surface area contributed by atoms with Crippen LogP contribution in [-0.4, -0.2) is 36.4 Å². The van der Waals surface area contributed by atoms with Crippen LogP contribution in [0.1, 0.15) is 37.5 Å². The molecule has 4 nitrogen and oxygen atoms in total. The fourth-order valence-corrected chi connectivity index (χ4v) is 3.52. The molecule has 0 amide bonds. The molecule has 1 aromatic rings. The van der Waals surface area contributed by atoms with E-state index in [0.717, 1.165) is 25.8 Å². The molecule has 0 unspecified atom stereocenters. The molecule has 1 fully saturated rings. The Kier molecular flexibility index (Phi) is 6.21. The monoisotopic (exact) mass is 311 g/mol. The van der Waals surface area contributed by atoms with Gasteiger partial charge in [0.15, 0.2) is 0 Å². The first-order valence-corrected chi connectivity index (χ1v) is 8.63. The number of thiophene rings is 1. The predicted octanol–water partition coefficient (Wildman–Crippen LogP) is 2.36. The van der Waals surface area contributed by atoms with E-state index in [1.54, 1.807) is 11.3 Å². The predicted molar refractivity (Wildman–Crippen MR) is 84.4 cm³/mol. The minimum absolute atomic E-state index is 0.0312. The minimum Gasteiger partial charge on any atom is -0.466 e. The Bertz CT molecular complexity index is 425. The van der Waals surface area contributed by atoms with Crippen LogP contribution >= 0.6 is 11.3 Å². The van der Waals surface area contributed by atoms with E-state index < -0.39 is 5.60 Å². The van der Waals surface area contributed by atoms with Crippen LogP contribution in [0.15, 0.2) is 17.5 Å². The summed E-state index contributed by atoms with van der Waals surface area (Å²) in [4.78, 5) is 13.0. The lowest BCUT2D eigenvalue weighted by molar-refractivity contribution is -0.151. The third-order valence-electron chi connectivity index (χ3n) is 4.12. The van der Waals surface area contributed by atoms with E-state index in [4.69, 9.17) is 4.74 Å². The Morgan fingerprint density at radius 3 is 2.90 bits per heavy atom. The summed E-state index contributed by atoms with van der Waals surface area (Å²) < 4.78 is 5.05. The van der Waals surface area contributed by atoms with Crippen molar-refractivity contribution in [3.63, 3.8) is 0 Å². The Hall–Kier alpha value is -0.910. The van der Waals surface area contributed by atoms with Crippen molar-refractivity contribution in [1.82, 2.24) is 5.32 Å². The number of hydrogen-bond acceptors (Lipinski definition) is 5. The van der Waals surface area contributed by atoms with E-state index in [2.05, 4.69) is 22.8 Å². The number of carbonyl (C=O) groups excluding carboxylic acids is 1. The first-order valence-electron chi connectivity index (χ1n) is 7.75. The summed E-state index contributed by atoms with van der Waals surface area (Å²) in [5, 5.41) is 16.0. The molecule has 1 aliphatic carbocycles. The first-order chi connectivity index (χ1) is 10.1. The molecule has 2 N–H and O–H groups in total. The van der Waals surface area contributed by atoms with Gasteiger partial charge >= 0.3 is 5.97 Å². The molecule has 1 saturated carbocycles. The standard InChI is InChI=1S/C16H25NO3S/c1-2-20-15(18)13-5-8-16(19,9-6-13)12-17-10-7-14-4-3-11-21-14/h3-4,11,13,17,19H,2,5-10,12H2,1H3. The molecule has 2 rings (SSSR count). The summed E-state index contributed by atoms with van der Waals surface area (Å²) in [5.74, 6) is -0.137. The smallest absolute Gasteiger partial charge is 0.308 e. The SMILES string of the molecule is CCOC(=O)C1CCC(O)(CNCCc2cccs2)CC1. The van der Waals surface area contributed by atoms with Crippen LogP contribution in [0.25, 0.3) is 0 Å². The molecule has 0 aromatic carbocycles. The highest BCUT2D eigenvalue weighted by Gasteiger charge is 2.35. The van der Waals surface area contributed by atoms with E-state index >= 15 is 0 Å². The number of carbonyl (C=O) groups is 1. The molecule has 0 radical (unpaired) electrons. The Balaban J connectivity index is 1.66. The van der Waals surface area contributed by atoms with Gasteiger partial charge in [0.05, 0.1) is 18.1 Å². The van der Waals surface area contributed by atoms with Gasteiger partial charge in [0.25, 0.3) is 0 Å². The van der Waals surface area contributed by atoms with Crippen LogP contribution in [0.5, 0.6) is 0 Å². The highest BCUT2D eigenvalue weighted by atomic mass is 32.1. The van der Waals surface area contributed by atoms with E-state index in [1.165, 1.54) is 4.88 Å². The molecule has 1 aromatic heterocycles. The van der Waals surface area contributed by atoms with Gasteiger partial charge in [0.2, 0.25) is 0 Å². The van der Waals surface area contributed by atoms with Crippen molar-refractivity contribution in [2.45, 2.75) is 44.6 Å². The summed E-state index contributed by atoms with van der Waals surface area (Å²) in [6, 6.07) is 4.19. The largest absolute Gasteiger partial charge is 0.466 e. The molecule has 5 heteroatoms. The van der Waals surface area contributed by atoms with Gasteiger partial charge in [-0.3, -0.25) is 4.79 Å². The van der Waals surface area contributed by atoms with E-state index in [-0.39, 0.29) is 11.9 Å². The number of ether oxygens (including phenoxy) is 1. The van der Waals surface area contributed by atoms with Crippen LogP contribution in [0.2, 0.25) is 0 Å². The van der Waals surface area contributed by atoms with Gasteiger partial charge in [-0.25, -0.2) is 0 Å². The van der Waals surface area contributed by atoms with E-state index in [1.807, 2.05) is 6.92 Å². The molecule has 0 saturated heterocycles. The third-order valence-corrected chi connectivity index (χ3v) is 5.05. The van der Waals surface area contributed by atoms with Gasteiger partial charge in [0.1, 0.15) is 0 Å².